The second kappa shape index (κ2) is 10.5. The Hall–Kier alpha value is -3.64. The van der Waals surface area contributed by atoms with Crippen LogP contribution in [-0.2, 0) is 0 Å². The Morgan fingerprint density at radius 2 is 1.41 bits per heavy atom. The highest BCUT2D eigenvalue weighted by Crippen LogP contribution is 2.25. The molecule has 0 unspecified atom stereocenters. The number of piperazine rings is 1. The first-order valence-corrected chi connectivity index (χ1v) is 11.8. The third kappa shape index (κ3) is 5.46. The molecule has 2 amide bonds. The van der Waals surface area contributed by atoms with E-state index in [1.54, 1.807) is 24.3 Å². The van der Waals surface area contributed by atoms with Crippen LogP contribution in [0.2, 0.25) is 0 Å². The highest BCUT2D eigenvalue weighted by molar-refractivity contribution is 6.08. The molecular weight excluding hydrogens is 424 g/mol. The molecule has 2 N–H and O–H groups in total. The first-order valence-electron chi connectivity index (χ1n) is 11.8. The molecule has 0 bridgehead atoms. The fourth-order valence-electron chi connectivity index (χ4n) is 4.18. The third-order valence-corrected chi connectivity index (χ3v) is 6.43. The van der Waals surface area contributed by atoms with Crippen molar-refractivity contribution in [1.82, 2.24) is 4.90 Å². The lowest BCUT2D eigenvalue weighted by atomic mass is 10.1. The zero-order valence-corrected chi connectivity index (χ0v) is 20.1. The van der Waals surface area contributed by atoms with E-state index in [0.29, 0.717) is 16.8 Å². The molecule has 176 valence electrons. The van der Waals surface area contributed by atoms with Crippen molar-refractivity contribution >= 4 is 28.9 Å². The summed E-state index contributed by atoms with van der Waals surface area (Å²) in [5.41, 5.74) is 5.58. The van der Waals surface area contributed by atoms with Crippen molar-refractivity contribution in [2.24, 2.45) is 0 Å². The van der Waals surface area contributed by atoms with Crippen LogP contribution in [0.5, 0.6) is 0 Å². The predicted octanol–water partition coefficient (Wildman–Crippen LogP) is 4.95. The summed E-state index contributed by atoms with van der Waals surface area (Å²) in [5, 5.41) is 5.95. The van der Waals surface area contributed by atoms with Gasteiger partial charge >= 0.3 is 0 Å². The minimum Gasteiger partial charge on any atom is -0.369 e. The van der Waals surface area contributed by atoms with E-state index < -0.39 is 0 Å². The number of aryl methyl sites for hydroxylation is 2. The van der Waals surface area contributed by atoms with E-state index >= 15 is 0 Å². The molecule has 1 heterocycles. The summed E-state index contributed by atoms with van der Waals surface area (Å²) in [5.74, 6) is -0.407. The summed E-state index contributed by atoms with van der Waals surface area (Å²) < 4.78 is 0. The Kier molecular flexibility index (Phi) is 7.28. The maximum atomic E-state index is 13.0. The number of carbonyl (C=O) groups is 2. The first-order chi connectivity index (χ1) is 16.4. The van der Waals surface area contributed by atoms with Crippen LogP contribution in [0.15, 0.2) is 66.7 Å². The van der Waals surface area contributed by atoms with E-state index in [4.69, 9.17) is 0 Å². The lowest BCUT2D eigenvalue weighted by molar-refractivity contribution is 0.101. The Morgan fingerprint density at radius 3 is 2.09 bits per heavy atom. The molecule has 1 fully saturated rings. The van der Waals surface area contributed by atoms with Crippen molar-refractivity contribution < 1.29 is 9.59 Å². The molecule has 6 nitrogen and oxygen atoms in total. The van der Waals surface area contributed by atoms with Crippen LogP contribution >= 0.6 is 0 Å². The number of nitrogens with one attached hydrogen (secondary N) is 2. The fraction of sp³-hybridized carbons (Fsp3) is 0.286. The summed E-state index contributed by atoms with van der Waals surface area (Å²) in [7, 11) is 0. The number of carbonyl (C=O) groups excluding carboxylic acids is 2. The van der Waals surface area contributed by atoms with Gasteiger partial charge in [0.2, 0.25) is 0 Å². The van der Waals surface area contributed by atoms with Gasteiger partial charge in [-0.25, -0.2) is 0 Å². The molecule has 0 radical (unpaired) electrons. The third-order valence-electron chi connectivity index (χ3n) is 6.43. The zero-order valence-electron chi connectivity index (χ0n) is 20.1. The minimum atomic E-state index is -0.206. The van der Waals surface area contributed by atoms with Crippen molar-refractivity contribution in [2.45, 2.75) is 20.8 Å². The molecule has 0 atom stereocenters. The van der Waals surface area contributed by atoms with Gasteiger partial charge in [0.1, 0.15) is 0 Å². The first kappa shape index (κ1) is 23.5. The molecule has 1 aliphatic rings. The number of likely N-dealkylation sites (N-methyl/N-ethyl adjacent to an activating group) is 1. The maximum Gasteiger partial charge on any atom is 0.255 e. The summed E-state index contributed by atoms with van der Waals surface area (Å²) in [6.45, 7) is 11.4. The van der Waals surface area contributed by atoms with Crippen LogP contribution in [0, 0.1) is 13.8 Å². The summed E-state index contributed by atoms with van der Waals surface area (Å²) in [4.78, 5) is 30.4. The number of benzene rings is 3. The van der Waals surface area contributed by atoms with Gasteiger partial charge in [-0.2, -0.15) is 0 Å². The topological polar surface area (TPSA) is 64.7 Å². The summed E-state index contributed by atoms with van der Waals surface area (Å²) in [6.07, 6.45) is 0. The largest absolute Gasteiger partial charge is 0.369 e. The van der Waals surface area contributed by atoms with Crippen molar-refractivity contribution in [3.05, 3.63) is 89.0 Å². The van der Waals surface area contributed by atoms with Crippen LogP contribution in [0.3, 0.4) is 0 Å². The quantitative estimate of drug-likeness (QED) is 0.551. The number of nitrogens with zero attached hydrogens (tertiary/aromatic N) is 2. The SMILES string of the molecule is CCN1CCN(c2ccc(NC(=O)c3ccc(C)c(NC(=O)c4ccccc4)c3)c(C)c2)CC1. The van der Waals surface area contributed by atoms with E-state index in [1.165, 1.54) is 5.69 Å². The Labute approximate surface area is 201 Å². The van der Waals surface area contributed by atoms with Gasteiger partial charge in [0.05, 0.1) is 0 Å². The standard InChI is InChI=1S/C28H32N4O2/c1-4-31-14-16-32(17-15-31)24-12-13-25(21(3)18-24)29-28(34)23-11-10-20(2)26(19-23)30-27(33)22-8-6-5-7-9-22/h5-13,18-19H,4,14-17H2,1-3H3,(H,29,34)(H,30,33). The molecule has 1 saturated heterocycles. The van der Waals surface area contributed by atoms with Gasteiger partial charge in [0.25, 0.3) is 11.8 Å². The number of amides is 2. The molecule has 0 aliphatic carbocycles. The second-order valence-corrected chi connectivity index (χ2v) is 8.72. The van der Waals surface area contributed by atoms with Crippen molar-refractivity contribution in [1.29, 1.82) is 0 Å². The fourth-order valence-corrected chi connectivity index (χ4v) is 4.18. The van der Waals surface area contributed by atoms with Crippen LogP contribution < -0.4 is 15.5 Å². The van der Waals surface area contributed by atoms with Gasteiger partial charge in [0, 0.05) is 54.4 Å². The van der Waals surface area contributed by atoms with E-state index in [2.05, 4.69) is 39.5 Å². The highest BCUT2D eigenvalue weighted by Gasteiger charge is 2.17. The van der Waals surface area contributed by atoms with E-state index in [1.807, 2.05) is 44.2 Å². The van der Waals surface area contributed by atoms with E-state index in [-0.39, 0.29) is 11.8 Å². The molecular formula is C28H32N4O2. The van der Waals surface area contributed by atoms with Crippen LogP contribution in [0.4, 0.5) is 17.1 Å². The van der Waals surface area contributed by atoms with E-state index in [0.717, 1.165) is 49.5 Å². The minimum absolute atomic E-state index is 0.201. The Balaban J connectivity index is 1.44. The highest BCUT2D eigenvalue weighted by atomic mass is 16.2. The van der Waals surface area contributed by atoms with Crippen LogP contribution in [0.1, 0.15) is 38.8 Å². The van der Waals surface area contributed by atoms with Crippen molar-refractivity contribution in [3.8, 4) is 0 Å². The van der Waals surface area contributed by atoms with Gasteiger partial charge in [-0.05, 0) is 74.0 Å². The van der Waals surface area contributed by atoms with Gasteiger partial charge in [-0.15, -0.1) is 0 Å². The number of hydrogen-bond acceptors (Lipinski definition) is 4. The van der Waals surface area contributed by atoms with Gasteiger partial charge in [-0.3, -0.25) is 9.59 Å². The van der Waals surface area contributed by atoms with Gasteiger partial charge < -0.3 is 20.4 Å². The lowest BCUT2D eigenvalue weighted by Gasteiger charge is -2.35. The molecule has 34 heavy (non-hydrogen) atoms. The zero-order chi connectivity index (χ0) is 24.1. The van der Waals surface area contributed by atoms with Crippen LogP contribution in [-0.4, -0.2) is 49.4 Å². The van der Waals surface area contributed by atoms with Crippen molar-refractivity contribution in [3.63, 3.8) is 0 Å². The molecule has 3 aromatic carbocycles. The number of rotatable bonds is 6. The molecule has 0 spiro atoms. The monoisotopic (exact) mass is 456 g/mol. The number of anilines is 3. The molecule has 0 aromatic heterocycles. The normalized spacial score (nSPS) is 14.0. The maximum absolute atomic E-state index is 13.0. The molecule has 1 aliphatic heterocycles. The molecule has 4 rings (SSSR count). The molecule has 3 aromatic rings. The summed E-state index contributed by atoms with van der Waals surface area (Å²) >= 11 is 0. The smallest absolute Gasteiger partial charge is 0.255 e. The van der Waals surface area contributed by atoms with E-state index in [9.17, 15) is 9.59 Å². The molecule has 6 heteroatoms. The average Bonchev–Trinajstić information content (AvgIpc) is 2.87. The number of hydrogen-bond donors (Lipinski definition) is 2. The second-order valence-electron chi connectivity index (χ2n) is 8.72. The Morgan fingerprint density at radius 1 is 0.735 bits per heavy atom. The predicted molar refractivity (Wildman–Crippen MR) is 139 cm³/mol. The van der Waals surface area contributed by atoms with Crippen LogP contribution in [0.25, 0.3) is 0 Å². The molecule has 0 saturated carbocycles. The average molecular weight is 457 g/mol. The Bertz CT molecular complexity index is 1170. The van der Waals surface area contributed by atoms with Crippen molar-refractivity contribution in [2.75, 3.05) is 48.3 Å². The lowest BCUT2D eigenvalue weighted by Crippen LogP contribution is -2.46. The van der Waals surface area contributed by atoms with Gasteiger partial charge in [-0.1, -0.05) is 31.2 Å². The summed E-state index contributed by atoms with van der Waals surface area (Å²) in [6, 6.07) is 20.6. The van der Waals surface area contributed by atoms with Gasteiger partial charge in [0.15, 0.2) is 0 Å².